The van der Waals surface area contributed by atoms with Crippen LogP contribution in [0.25, 0.3) is 0 Å². The molecule has 0 radical (unpaired) electrons. The van der Waals surface area contributed by atoms with E-state index in [1.807, 2.05) is 0 Å². The van der Waals surface area contributed by atoms with E-state index in [1.54, 1.807) is 0 Å². The molecule has 1 heterocycles. The fourth-order valence-electron chi connectivity index (χ4n) is 2.23. The number of likely N-dealkylation sites (tertiary alicyclic amines) is 1. The van der Waals surface area contributed by atoms with Crippen LogP contribution >= 0.6 is 0 Å². The highest BCUT2D eigenvalue weighted by Gasteiger charge is 2.25. The maximum Gasteiger partial charge on any atom is 0.0963 e. The molecule has 1 aliphatic rings. The van der Waals surface area contributed by atoms with E-state index in [1.165, 1.54) is 25.9 Å². The van der Waals surface area contributed by atoms with Crippen molar-refractivity contribution in [1.29, 1.82) is 5.41 Å². The second-order valence-electron chi connectivity index (χ2n) is 6.08. The Morgan fingerprint density at radius 3 is 2.29 bits per heavy atom. The molecule has 0 saturated carbocycles. The summed E-state index contributed by atoms with van der Waals surface area (Å²) in [6.45, 7) is 7.53. The van der Waals surface area contributed by atoms with Gasteiger partial charge in [0.25, 0.3) is 0 Å². The summed E-state index contributed by atoms with van der Waals surface area (Å²) in [7, 11) is 4.33. The average Bonchev–Trinajstić information content (AvgIpc) is 2.27. The quantitative estimate of drug-likeness (QED) is 0.563. The minimum Gasteiger partial charge on any atom is -0.387 e. The number of nitrogens with two attached hydrogens (primary N) is 1. The van der Waals surface area contributed by atoms with Crippen LogP contribution in [0.4, 0.5) is 0 Å². The Hall–Kier alpha value is -0.610. The second kappa shape index (κ2) is 5.83. The van der Waals surface area contributed by atoms with Crippen LogP contribution in [0.5, 0.6) is 0 Å². The van der Waals surface area contributed by atoms with E-state index < -0.39 is 0 Å². The number of hydrogen-bond acceptors (Lipinski definition) is 3. The van der Waals surface area contributed by atoms with Crippen molar-refractivity contribution < 1.29 is 0 Å². The van der Waals surface area contributed by atoms with Crippen molar-refractivity contribution in [2.75, 3.05) is 33.7 Å². The summed E-state index contributed by atoms with van der Waals surface area (Å²) in [5.74, 6) is 0.306. The Bertz CT molecular complexity index is 252. The topological polar surface area (TPSA) is 56.4 Å². The molecule has 0 aromatic carbocycles. The van der Waals surface area contributed by atoms with Crippen molar-refractivity contribution in [3.05, 3.63) is 0 Å². The minimum absolute atomic E-state index is 0.154. The first-order chi connectivity index (χ1) is 7.83. The van der Waals surface area contributed by atoms with E-state index in [2.05, 4.69) is 37.7 Å². The Morgan fingerprint density at radius 1 is 1.35 bits per heavy atom. The van der Waals surface area contributed by atoms with Gasteiger partial charge >= 0.3 is 0 Å². The molecule has 100 valence electrons. The predicted octanol–water partition coefficient (Wildman–Crippen LogP) is 1.36. The van der Waals surface area contributed by atoms with Crippen molar-refractivity contribution in [2.45, 2.75) is 39.2 Å². The van der Waals surface area contributed by atoms with E-state index in [-0.39, 0.29) is 5.41 Å². The van der Waals surface area contributed by atoms with Crippen LogP contribution in [0.3, 0.4) is 0 Å². The van der Waals surface area contributed by atoms with Crippen molar-refractivity contribution in [3.8, 4) is 0 Å². The molecule has 1 aliphatic heterocycles. The van der Waals surface area contributed by atoms with Crippen molar-refractivity contribution in [1.82, 2.24) is 9.80 Å². The highest BCUT2D eigenvalue weighted by Crippen LogP contribution is 2.22. The van der Waals surface area contributed by atoms with Gasteiger partial charge in [0.1, 0.15) is 0 Å². The van der Waals surface area contributed by atoms with E-state index >= 15 is 0 Å². The molecule has 4 heteroatoms. The number of hydrogen-bond donors (Lipinski definition) is 2. The van der Waals surface area contributed by atoms with Gasteiger partial charge in [-0.05, 0) is 53.0 Å². The molecular formula is C13H28N4. The molecular weight excluding hydrogens is 212 g/mol. The third-order valence-corrected chi connectivity index (χ3v) is 4.07. The smallest absolute Gasteiger partial charge is 0.0963 e. The summed E-state index contributed by atoms with van der Waals surface area (Å²) in [5, 5.41) is 7.56. The molecule has 0 unspecified atom stereocenters. The highest BCUT2D eigenvalue weighted by molar-refractivity contribution is 5.82. The van der Waals surface area contributed by atoms with Gasteiger partial charge < -0.3 is 15.5 Å². The lowest BCUT2D eigenvalue weighted by atomic mass is 9.87. The first kappa shape index (κ1) is 14.5. The Kier molecular flexibility index (Phi) is 4.95. The molecule has 1 fully saturated rings. The highest BCUT2D eigenvalue weighted by atomic mass is 15.2. The molecule has 0 spiro atoms. The maximum absolute atomic E-state index is 7.56. The second-order valence-corrected chi connectivity index (χ2v) is 6.08. The molecule has 0 aromatic heterocycles. The van der Waals surface area contributed by atoms with Crippen molar-refractivity contribution in [3.63, 3.8) is 0 Å². The zero-order chi connectivity index (χ0) is 13.1. The summed E-state index contributed by atoms with van der Waals surface area (Å²) in [6, 6.07) is 0.743. The van der Waals surface area contributed by atoms with E-state index in [0.717, 1.165) is 19.0 Å². The predicted molar refractivity (Wildman–Crippen MR) is 73.5 cm³/mol. The number of nitrogens with zero attached hydrogens (tertiary/aromatic N) is 2. The van der Waals surface area contributed by atoms with Gasteiger partial charge in [-0.3, -0.25) is 5.41 Å². The van der Waals surface area contributed by atoms with Gasteiger partial charge in [-0.25, -0.2) is 0 Å². The monoisotopic (exact) mass is 240 g/mol. The third-order valence-electron chi connectivity index (χ3n) is 4.07. The summed E-state index contributed by atoms with van der Waals surface area (Å²) < 4.78 is 0. The molecule has 3 N–H and O–H groups in total. The summed E-state index contributed by atoms with van der Waals surface area (Å²) in [4.78, 5) is 4.83. The van der Waals surface area contributed by atoms with Gasteiger partial charge in [-0.1, -0.05) is 13.8 Å². The normalized spacial score (nSPS) is 19.8. The summed E-state index contributed by atoms with van der Waals surface area (Å²) in [6.07, 6.45) is 3.50. The van der Waals surface area contributed by atoms with Gasteiger partial charge in [0.2, 0.25) is 0 Å². The van der Waals surface area contributed by atoms with Crippen LogP contribution in [-0.4, -0.2) is 55.4 Å². The van der Waals surface area contributed by atoms with Crippen LogP contribution in [0.2, 0.25) is 0 Å². The zero-order valence-electron chi connectivity index (χ0n) is 11.8. The van der Waals surface area contributed by atoms with Crippen LogP contribution in [0.15, 0.2) is 0 Å². The number of nitrogens with one attached hydrogen (secondary N) is 1. The van der Waals surface area contributed by atoms with Crippen molar-refractivity contribution >= 4 is 5.84 Å². The Morgan fingerprint density at radius 2 is 1.88 bits per heavy atom. The van der Waals surface area contributed by atoms with E-state index in [4.69, 9.17) is 11.1 Å². The van der Waals surface area contributed by atoms with Gasteiger partial charge in [-0.15, -0.1) is 0 Å². The van der Waals surface area contributed by atoms with Crippen LogP contribution < -0.4 is 5.73 Å². The molecule has 0 aromatic rings. The molecule has 0 bridgehead atoms. The molecule has 0 atom stereocenters. The third kappa shape index (κ3) is 4.28. The standard InChI is InChI=1S/C13H28N4/c1-13(2,12(14)15)7-10-17-8-5-11(6-9-17)16(3)4/h11H,5-10H2,1-4H3,(H3,14,15). The lowest BCUT2D eigenvalue weighted by molar-refractivity contribution is 0.137. The Balaban J connectivity index is 2.29. The van der Waals surface area contributed by atoms with Gasteiger partial charge in [0.15, 0.2) is 0 Å². The molecule has 1 rings (SSSR count). The SMILES string of the molecule is CN(C)C1CCN(CCC(C)(C)C(=N)N)CC1. The molecule has 0 amide bonds. The van der Waals surface area contributed by atoms with Gasteiger partial charge in [0.05, 0.1) is 5.84 Å². The lowest BCUT2D eigenvalue weighted by Gasteiger charge is -2.36. The van der Waals surface area contributed by atoms with E-state index in [0.29, 0.717) is 5.84 Å². The minimum atomic E-state index is -0.154. The zero-order valence-corrected chi connectivity index (χ0v) is 11.8. The van der Waals surface area contributed by atoms with Crippen LogP contribution in [0, 0.1) is 10.8 Å². The summed E-state index contributed by atoms with van der Waals surface area (Å²) >= 11 is 0. The van der Waals surface area contributed by atoms with Crippen LogP contribution in [-0.2, 0) is 0 Å². The molecule has 4 nitrogen and oxygen atoms in total. The van der Waals surface area contributed by atoms with Crippen molar-refractivity contribution in [2.24, 2.45) is 11.1 Å². The fourth-order valence-corrected chi connectivity index (χ4v) is 2.23. The van der Waals surface area contributed by atoms with E-state index in [9.17, 15) is 0 Å². The van der Waals surface area contributed by atoms with Gasteiger partial charge in [0, 0.05) is 11.5 Å². The van der Waals surface area contributed by atoms with Crippen LogP contribution in [0.1, 0.15) is 33.1 Å². The number of rotatable bonds is 5. The molecule has 1 saturated heterocycles. The average molecular weight is 240 g/mol. The number of amidine groups is 1. The molecule has 17 heavy (non-hydrogen) atoms. The fraction of sp³-hybridized carbons (Fsp3) is 0.923. The lowest BCUT2D eigenvalue weighted by Crippen LogP contribution is -2.43. The maximum atomic E-state index is 7.56. The number of piperidine rings is 1. The molecule has 0 aliphatic carbocycles. The summed E-state index contributed by atoms with van der Waals surface area (Å²) in [5.41, 5.74) is 5.45. The first-order valence-electron chi connectivity index (χ1n) is 6.56. The Labute approximate surface area is 106 Å². The van der Waals surface area contributed by atoms with Gasteiger partial charge in [-0.2, -0.15) is 0 Å². The first-order valence-corrected chi connectivity index (χ1v) is 6.56. The largest absolute Gasteiger partial charge is 0.387 e.